The summed E-state index contributed by atoms with van der Waals surface area (Å²) in [5, 5.41) is 0. The molecule has 0 amide bonds. The van der Waals surface area contributed by atoms with Crippen LogP contribution in [-0.2, 0) is 0 Å². The summed E-state index contributed by atoms with van der Waals surface area (Å²) >= 11 is 0. The van der Waals surface area contributed by atoms with Crippen LogP contribution >= 0.6 is 0 Å². The molecule has 0 radical (unpaired) electrons. The average molecular weight is 174 g/mol. The molecule has 0 spiro atoms. The third kappa shape index (κ3) is 1.75. The van der Waals surface area contributed by atoms with Crippen LogP contribution in [0.1, 0.15) is 30.0 Å². The van der Waals surface area contributed by atoms with Crippen LogP contribution in [-0.4, -0.2) is 11.4 Å². The number of hydrogen-bond donors (Lipinski definition) is 0. The summed E-state index contributed by atoms with van der Waals surface area (Å²) in [7, 11) is 4.05. The molecule has 1 heterocycles. The molecule has 1 nitrogen and oxygen atoms in total. The highest BCUT2D eigenvalue weighted by Gasteiger charge is 2.17. The number of rotatable bonds is 1. The lowest BCUT2D eigenvalue weighted by atomic mass is 10.0. The van der Waals surface area contributed by atoms with Crippen molar-refractivity contribution in [2.45, 2.75) is 25.8 Å². The zero-order valence-corrected chi connectivity index (χ0v) is 8.16. The van der Waals surface area contributed by atoms with Gasteiger partial charge in [0.15, 0.2) is 0 Å². The van der Waals surface area contributed by atoms with E-state index in [1.54, 1.807) is 0 Å². The van der Waals surface area contributed by atoms with Crippen molar-refractivity contribution in [3.63, 3.8) is 0 Å². The monoisotopic (exact) mass is 174 g/mol. The lowest BCUT2D eigenvalue weighted by Crippen LogP contribution is -2.14. The van der Waals surface area contributed by atoms with Crippen molar-refractivity contribution in [1.29, 1.82) is 0 Å². The first-order valence-electron chi connectivity index (χ1n) is 4.91. The molecule has 1 atom stereocenters. The van der Waals surface area contributed by atoms with Crippen molar-refractivity contribution < 1.29 is 0 Å². The highest BCUT2D eigenvalue weighted by Crippen LogP contribution is 2.30. The Morgan fingerprint density at radius 1 is 1.31 bits per heavy atom. The molecule has 1 heteroatoms. The van der Waals surface area contributed by atoms with Gasteiger partial charge in [0.2, 0.25) is 0 Å². The molecule has 1 saturated heterocycles. The van der Waals surface area contributed by atoms with E-state index in [1.807, 2.05) is 0 Å². The van der Waals surface area contributed by atoms with Gasteiger partial charge in [-0.3, -0.25) is 7.05 Å². The largest absolute Gasteiger partial charge is 0.453 e. The Balaban J connectivity index is 2.20. The second-order valence-electron chi connectivity index (χ2n) is 3.88. The number of hydrogen-bond acceptors (Lipinski definition) is 1. The zero-order valence-electron chi connectivity index (χ0n) is 8.16. The van der Waals surface area contributed by atoms with Gasteiger partial charge in [-0.05, 0) is 31.9 Å². The summed E-state index contributed by atoms with van der Waals surface area (Å²) < 4.78 is 0. The van der Waals surface area contributed by atoms with Gasteiger partial charge in [-0.25, -0.2) is 0 Å². The van der Waals surface area contributed by atoms with Crippen molar-refractivity contribution in [2.24, 2.45) is 0 Å². The van der Waals surface area contributed by atoms with E-state index in [0.717, 1.165) is 6.54 Å². The third-order valence-corrected chi connectivity index (χ3v) is 2.83. The van der Waals surface area contributed by atoms with E-state index in [9.17, 15) is 0 Å². The highest BCUT2D eigenvalue weighted by molar-refractivity contribution is 5.24. The smallest absolute Gasteiger partial charge is 0.00732 e. The van der Waals surface area contributed by atoms with Crippen molar-refractivity contribution >= 4 is 0 Å². The number of aryl methyl sites for hydroxylation is 1. The van der Waals surface area contributed by atoms with E-state index in [1.165, 1.54) is 24.0 Å². The van der Waals surface area contributed by atoms with Crippen LogP contribution in [0, 0.1) is 14.0 Å². The highest BCUT2D eigenvalue weighted by atomic mass is 15.1. The minimum atomic E-state index is 0.556. The Hall–Kier alpha value is -0.820. The van der Waals surface area contributed by atoms with Crippen LogP contribution in [0.3, 0.4) is 0 Å². The van der Waals surface area contributed by atoms with Crippen molar-refractivity contribution in [2.75, 3.05) is 6.54 Å². The van der Waals surface area contributed by atoms with Crippen LogP contribution in [0.5, 0.6) is 0 Å². The second kappa shape index (κ2) is 3.51. The minimum absolute atomic E-state index is 0.556. The first kappa shape index (κ1) is 8.76. The normalized spacial score (nSPS) is 23.7. The summed E-state index contributed by atoms with van der Waals surface area (Å²) in [6.07, 6.45) is 2.54. The number of nitrogens with zero attached hydrogens (tertiary/aromatic N) is 1. The molecule has 1 unspecified atom stereocenters. The first-order valence-corrected chi connectivity index (χ1v) is 4.91. The molecule has 13 heavy (non-hydrogen) atoms. The third-order valence-electron chi connectivity index (χ3n) is 2.83. The molecule has 2 rings (SSSR count). The summed E-state index contributed by atoms with van der Waals surface area (Å²) in [6.45, 7) is 3.26. The van der Waals surface area contributed by atoms with Gasteiger partial charge in [-0.15, -0.1) is 0 Å². The Morgan fingerprint density at radius 3 is 2.54 bits per heavy atom. The van der Waals surface area contributed by atoms with Crippen molar-refractivity contribution in [3.05, 3.63) is 42.4 Å². The van der Waals surface area contributed by atoms with E-state index in [-0.39, 0.29) is 0 Å². The molecular weight excluding hydrogens is 158 g/mol. The van der Waals surface area contributed by atoms with Gasteiger partial charge in [0.25, 0.3) is 0 Å². The van der Waals surface area contributed by atoms with E-state index in [2.05, 4.69) is 43.1 Å². The van der Waals surface area contributed by atoms with Crippen LogP contribution in [0.25, 0.3) is 0 Å². The molecule has 0 saturated carbocycles. The molecule has 0 bridgehead atoms. The van der Waals surface area contributed by atoms with Gasteiger partial charge >= 0.3 is 0 Å². The molecular formula is C12H16N-. The topological polar surface area (TPSA) is 3.24 Å². The number of likely N-dealkylation sites (tertiary alicyclic amines) is 1. The maximum absolute atomic E-state index is 4.05. The van der Waals surface area contributed by atoms with Gasteiger partial charge in [0.05, 0.1) is 0 Å². The van der Waals surface area contributed by atoms with Gasteiger partial charge < -0.3 is 4.90 Å². The Morgan fingerprint density at radius 2 is 2.00 bits per heavy atom. The van der Waals surface area contributed by atoms with Gasteiger partial charge in [-0.1, -0.05) is 29.8 Å². The predicted octanol–water partition coefficient (Wildman–Crippen LogP) is 2.92. The summed E-state index contributed by atoms with van der Waals surface area (Å²) in [4.78, 5) is 2.20. The molecule has 0 aliphatic carbocycles. The second-order valence-corrected chi connectivity index (χ2v) is 3.88. The SMILES string of the molecule is [CH2-]N1CCCC1c1ccc(C)cc1. The van der Waals surface area contributed by atoms with E-state index < -0.39 is 0 Å². The maximum atomic E-state index is 4.05. The molecule has 1 aliphatic rings. The summed E-state index contributed by atoms with van der Waals surface area (Å²) in [6, 6.07) is 9.37. The fourth-order valence-electron chi connectivity index (χ4n) is 1.99. The summed E-state index contributed by atoms with van der Waals surface area (Å²) in [5.41, 5.74) is 2.75. The fourth-order valence-corrected chi connectivity index (χ4v) is 1.99. The van der Waals surface area contributed by atoms with Crippen LogP contribution < -0.4 is 0 Å². The first-order chi connectivity index (χ1) is 6.27. The fraction of sp³-hybridized carbons (Fsp3) is 0.417. The van der Waals surface area contributed by atoms with Gasteiger partial charge in [0, 0.05) is 6.04 Å². The molecule has 0 aromatic heterocycles. The zero-order chi connectivity index (χ0) is 9.26. The van der Waals surface area contributed by atoms with Crippen molar-refractivity contribution in [1.82, 2.24) is 4.90 Å². The standard InChI is InChI=1S/C12H16N/c1-10-5-7-11(8-6-10)12-4-3-9-13(12)2/h5-8,12H,2-4,9H2,1H3/q-1. The van der Waals surface area contributed by atoms with Crippen LogP contribution in [0.15, 0.2) is 24.3 Å². The predicted molar refractivity (Wildman–Crippen MR) is 55.2 cm³/mol. The van der Waals surface area contributed by atoms with Crippen LogP contribution in [0.2, 0.25) is 0 Å². The molecule has 1 aromatic carbocycles. The summed E-state index contributed by atoms with van der Waals surface area (Å²) in [5.74, 6) is 0. The minimum Gasteiger partial charge on any atom is -0.453 e. The molecule has 1 fully saturated rings. The van der Waals surface area contributed by atoms with Crippen LogP contribution in [0.4, 0.5) is 0 Å². The Labute approximate surface area is 80.4 Å². The molecule has 70 valence electrons. The average Bonchev–Trinajstić information content (AvgIpc) is 2.53. The van der Waals surface area contributed by atoms with E-state index in [0.29, 0.717) is 6.04 Å². The Kier molecular flexibility index (Phi) is 2.36. The lowest BCUT2D eigenvalue weighted by Gasteiger charge is -2.27. The maximum Gasteiger partial charge on any atom is 0.00732 e. The van der Waals surface area contributed by atoms with Crippen molar-refractivity contribution in [3.8, 4) is 0 Å². The Bertz CT molecular complexity index is 276. The van der Waals surface area contributed by atoms with Gasteiger partial charge in [0.1, 0.15) is 0 Å². The van der Waals surface area contributed by atoms with Gasteiger partial charge in [-0.2, -0.15) is 0 Å². The quantitative estimate of drug-likeness (QED) is 0.592. The lowest BCUT2D eigenvalue weighted by molar-refractivity contribution is 0.353. The van der Waals surface area contributed by atoms with E-state index in [4.69, 9.17) is 0 Å². The molecule has 0 N–H and O–H groups in total. The van der Waals surface area contributed by atoms with E-state index >= 15 is 0 Å². The molecule has 1 aliphatic heterocycles. The molecule has 1 aromatic rings. The number of benzene rings is 1.